The molecule has 1 saturated heterocycles. The lowest BCUT2D eigenvalue weighted by atomic mass is 10.0. The Bertz CT molecular complexity index is 672. The van der Waals surface area contributed by atoms with Crippen LogP contribution in [0, 0.1) is 13.8 Å². The smallest absolute Gasteiger partial charge is 0.269 e. The van der Waals surface area contributed by atoms with Gasteiger partial charge in [-0.15, -0.1) is 0 Å². The van der Waals surface area contributed by atoms with Gasteiger partial charge in [-0.1, -0.05) is 12.1 Å². The molecular formula is C17H21N3O2. The first kappa shape index (κ1) is 14.8. The summed E-state index contributed by atoms with van der Waals surface area (Å²) in [6.07, 6.45) is 2.23. The third kappa shape index (κ3) is 3.20. The summed E-state index contributed by atoms with van der Waals surface area (Å²) in [7, 11) is 0. The molecule has 1 atom stereocenters. The number of hydrogen-bond acceptors (Lipinski definition) is 3. The average molecular weight is 299 g/mol. The van der Waals surface area contributed by atoms with Gasteiger partial charge in [0.05, 0.1) is 11.8 Å². The topological polar surface area (TPSA) is 67.0 Å². The summed E-state index contributed by atoms with van der Waals surface area (Å²) in [5.41, 5.74) is 4.73. The van der Waals surface area contributed by atoms with Crippen LogP contribution in [-0.2, 0) is 4.74 Å². The number of ether oxygens (including phenoxy) is 1. The largest absolute Gasteiger partial charge is 0.376 e. The minimum Gasteiger partial charge on any atom is -0.376 e. The Morgan fingerprint density at radius 2 is 2.23 bits per heavy atom. The highest BCUT2D eigenvalue weighted by Crippen LogP contribution is 2.21. The van der Waals surface area contributed by atoms with Crippen molar-refractivity contribution < 1.29 is 9.53 Å². The number of aryl methyl sites for hydroxylation is 2. The molecular weight excluding hydrogens is 278 g/mol. The Kier molecular flexibility index (Phi) is 4.24. The zero-order chi connectivity index (χ0) is 15.5. The predicted octanol–water partition coefficient (Wildman–Crippen LogP) is 2.60. The Labute approximate surface area is 130 Å². The molecule has 0 unspecified atom stereocenters. The lowest BCUT2D eigenvalue weighted by Gasteiger charge is -2.09. The monoisotopic (exact) mass is 299 g/mol. The number of H-pyrrole nitrogens is 1. The summed E-state index contributed by atoms with van der Waals surface area (Å²) in [6.45, 7) is 5.49. The summed E-state index contributed by atoms with van der Waals surface area (Å²) >= 11 is 0. The van der Waals surface area contributed by atoms with Gasteiger partial charge in [0.25, 0.3) is 5.91 Å². The lowest BCUT2D eigenvalue weighted by molar-refractivity contribution is 0.0853. The summed E-state index contributed by atoms with van der Waals surface area (Å²) in [5.74, 6) is -0.141. The average Bonchev–Trinajstić information content (AvgIpc) is 3.18. The van der Waals surface area contributed by atoms with E-state index in [9.17, 15) is 4.79 Å². The quantitative estimate of drug-likeness (QED) is 0.912. The van der Waals surface area contributed by atoms with Gasteiger partial charge < -0.3 is 10.1 Å². The maximum Gasteiger partial charge on any atom is 0.269 e. The van der Waals surface area contributed by atoms with Crippen LogP contribution in [-0.4, -0.2) is 35.4 Å². The number of carbonyl (C=O) groups excluding carboxylic acids is 1. The van der Waals surface area contributed by atoms with Crippen molar-refractivity contribution in [3.63, 3.8) is 0 Å². The number of hydrogen-bond donors (Lipinski definition) is 2. The summed E-state index contributed by atoms with van der Waals surface area (Å²) < 4.78 is 5.50. The van der Waals surface area contributed by atoms with E-state index in [-0.39, 0.29) is 12.0 Å². The van der Waals surface area contributed by atoms with E-state index in [0.29, 0.717) is 12.2 Å². The van der Waals surface area contributed by atoms with Gasteiger partial charge in [0.15, 0.2) is 0 Å². The molecule has 5 nitrogen and oxygen atoms in total. The Morgan fingerprint density at radius 1 is 1.36 bits per heavy atom. The highest BCUT2D eigenvalue weighted by atomic mass is 16.5. The van der Waals surface area contributed by atoms with Gasteiger partial charge in [-0.25, -0.2) is 0 Å². The molecule has 1 aliphatic rings. The molecule has 1 amide bonds. The third-order valence-electron chi connectivity index (χ3n) is 4.14. The van der Waals surface area contributed by atoms with E-state index in [1.807, 2.05) is 6.07 Å². The van der Waals surface area contributed by atoms with Crippen LogP contribution in [0.1, 0.15) is 34.5 Å². The Morgan fingerprint density at radius 3 is 2.95 bits per heavy atom. The van der Waals surface area contributed by atoms with E-state index in [0.717, 1.165) is 30.7 Å². The fourth-order valence-corrected chi connectivity index (χ4v) is 2.59. The van der Waals surface area contributed by atoms with Crippen molar-refractivity contribution in [2.45, 2.75) is 32.8 Å². The van der Waals surface area contributed by atoms with Crippen molar-refractivity contribution in [3.8, 4) is 11.3 Å². The molecule has 1 fully saturated rings. The molecule has 1 aromatic carbocycles. The molecule has 2 aromatic rings. The second-order valence-electron chi connectivity index (χ2n) is 5.81. The molecule has 0 aliphatic carbocycles. The summed E-state index contributed by atoms with van der Waals surface area (Å²) in [4.78, 5) is 12.1. The zero-order valence-electron chi connectivity index (χ0n) is 13.0. The second kappa shape index (κ2) is 6.32. The fraction of sp³-hybridized carbons (Fsp3) is 0.412. The van der Waals surface area contributed by atoms with Crippen molar-refractivity contribution in [2.75, 3.05) is 13.2 Å². The maximum absolute atomic E-state index is 12.1. The molecule has 0 radical (unpaired) electrons. The molecule has 5 heteroatoms. The van der Waals surface area contributed by atoms with E-state index in [1.54, 1.807) is 6.07 Å². The first-order valence-corrected chi connectivity index (χ1v) is 7.66. The maximum atomic E-state index is 12.1. The summed E-state index contributed by atoms with van der Waals surface area (Å²) in [6, 6.07) is 7.96. The van der Waals surface area contributed by atoms with Crippen LogP contribution in [0.25, 0.3) is 11.3 Å². The lowest BCUT2D eigenvalue weighted by Crippen LogP contribution is -2.31. The second-order valence-corrected chi connectivity index (χ2v) is 5.81. The molecule has 0 bridgehead atoms. The molecule has 2 heterocycles. The first-order chi connectivity index (χ1) is 10.6. The number of nitrogens with zero attached hydrogens (tertiary/aromatic N) is 1. The van der Waals surface area contributed by atoms with Crippen molar-refractivity contribution in [2.24, 2.45) is 0 Å². The van der Waals surface area contributed by atoms with Crippen molar-refractivity contribution in [1.82, 2.24) is 15.5 Å². The van der Waals surface area contributed by atoms with E-state index in [2.05, 4.69) is 41.5 Å². The van der Waals surface area contributed by atoms with Gasteiger partial charge in [0, 0.05) is 18.7 Å². The summed E-state index contributed by atoms with van der Waals surface area (Å²) in [5, 5.41) is 9.94. The van der Waals surface area contributed by atoms with Crippen molar-refractivity contribution in [1.29, 1.82) is 0 Å². The molecule has 2 N–H and O–H groups in total. The predicted molar refractivity (Wildman–Crippen MR) is 84.8 cm³/mol. The van der Waals surface area contributed by atoms with E-state index in [1.165, 1.54) is 11.1 Å². The van der Waals surface area contributed by atoms with Crippen LogP contribution in [0.5, 0.6) is 0 Å². The minimum atomic E-state index is -0.141. The zero-order valence-corrected chi connectivity index (χ0v) is 13.0. The van der Waals surface area contributed by atoms with Gasteiger partial charge >= 0.3 is 0 Å². The van der Waals surface area contributed by atoms with E-state index in [4.69, 9.17) is 4.74 Å². The normalized spacial score (nSPS) is 17.6. The minimum absolute atomic E-state index is 0.141. The molecule has 0 spiro atoms. The van der Waals surface area contributed by atoms with Crippen LogP contribution in [0.3, 0.4) is 0 Å². The molecule has 22 heavy (non-hydrogen) atoms. The highest BCUT2D eigenvalue weighted by molar-refractivity contribution is 5.93. The highest BCUT2D eigenvalue weighted by Gasteiger charge is 2.17. The first-order valence-electron chi connectivity index (χ1n) is 7.66. The third-order valence-corrected chi connectivity index (χ3v) is 4.14. The number of rotatable bonds is 4. The fourth-order valence-electron chi connectivity index (χ4n) is 2.59. The van der Waals surface area contributed by atoms with Crippen molar-refractivity contribution in [3.05, 3.63) is 41.1 Å². The van der Waals surface area contributed by atoms with Crippen LogP contribution in [0.2, 0.25) is 0 Å². The SMILES string of the molecule is Cc1ccc(-c2cc(C(=O)NC[C@H]3CCCO3)[nH]n2)cc1C. The van der Waals surface area contributed by atoms with Gasteiger partial charge in [0.1, 0.15) is 5.69 Å². The van der Waals surface area contributed by atoms with Gasteiger partial charge in [-0.3, -0.25) is 9.89 Å². The van der Waals surface area contributed by atoms with Crippen LogP contribution >= 0.6 is 0 Å². The van der Waals surface area contributed by atoms with E-state index >= 15 is 0 Å². The molecule has 0 saturated carbocycles. The van der Waals surface area contributed by atoms with Gasteiger partial charge in [0.2, 0.25) is 0 Å². The molecule has 3 rings (SSSR count). The molecule has 1 aromatic heterocycles. The number of aromatic nitrogens is 2. The molecule has 116 valence electrons. The number of carbonyl (C=O) groups is 1. The number of nitrogens with one attached hydrogen (secondary N) is 2. The number of benzene rings is 1. The standard InChI is InChI=1S/C17H21N3O2/c1-11-5-6-13(8-12(11)2)15-9-16(20-19-15)17(21)18-10-14-4-3-7-22-14/h5-6,8-9,14H,3-4,7,10H2,1-2H3,(H,18,21)(H,19,20)/t14-/m1/s1. The van der Waals surface area contributed by atoms with E-state index < -0.39 is 0 Å². The number of aromatic amines is 1. The Hall–Kier alpha value is -2.14. The van der Waals surface area contributed by atoms with Gasteiger partial charge in [-0.2, -0.15) is 5.10 Å². The van der Waals surface area contributed by atoms with Gasteiger partial charge in [-0.05, 0) is 49.9 Å². The van der Waals surface area contributed by atoms with Crippen LogP contribution in [0.4, 0.5) is 0 Å². The van der Waals surface area contributed by atoms with Crippen LogP contribution < -0.4 is 5.32 Å². The van der Waals surface area contributed by atoms with Crippen molar-refractivity contribution >= 4 is 5.91 Å². The molecule has 1 aliphatic heterocycles. The Balaban J connectivity index is 1.67. The van der Waals surface area contributed by atoms with Crippen LogP contribution in [0.15, 0.2) is 24.3 Å². The number of amides is 1.